The van der Waals surface area contributed by atoms with E-state index in [4.69, 9.17) is 33.7 Å². The third-order valence-electron chi connectivity index (χ3n) is 1.51. The normalized spacial score (nSPS) is 9.62. The first-order valence-corrected chi connectivity index (χ1v) is 4.92. The van der Waals surface area contributed by atoms with Crippen molar-refractivity contribution in [1.82, 2.24) is 5.32 Å². The van der Waals surface area contributed by atoms with Crippen LogP contribution in [0, 0.1) is 0 Å². The van der Waals surface area contributed by atoms with Crippen LogP contribution in [0.2, 0.25) is 10.0 Å². The summed E-state index contributed by atoms with van der Waals surface area (Å²) < 4.78 is 5.04. The summed E-state index contributed by atoms with van der Waals surface area (Å²) in [6.45, 7) is -0.372. The maximum Gasteiger partial charge on any atom is 0.318 e. The number of primary amides is 1. The molecule has 7 heteroatoms. The third kappa shape index (κ3) is 3.96. The molecule has 0 heterocycles. The van der Waals surface area contributed by atoms with E-state index in [1.165, 1.54) is 12.1 Å². The highest BCUT2D eigenvalue weighted by atomic mass is 35.5. The number of hydrogen-bond acceptors (Lipinski definition) is 3. The molecule has 0 aromatic heterocycles. The zero-order valence-corrected chi connectivity index (χ0v) is 9.51. The second kappa shape index (κ2) is 5.58. The van der Waals surface area contributed by atoms with Crippen LogP contribution in [0.4, 0.5) is 4.79 Å². The van der Waals surface area contributed by atoms with E-state index in [0.717, 1.165) is 0 Å². The van der Waals surface area contributed by atoms with Gasteiger partial charge >= 0.3 is 6.03 Å². The lowest BCUT2D eigenvalue weighted by atomic mass is 10.3. The number of benzene rings is 1. The summed E-state index contributed by atoms with van der Waals surface area (Å²) in [5.74, 6) is -0.405. The van der Waals surface area contributed by atoms with Gasteiger partial charge in [-0.15, -0.1) is 0 Å². The number of imide groups is 1. The van der Waals surface area contributed by atoms with Crippen molar-refractivity contribution in [3.63, 3.8) is 0 Å². The van der Waals surface area contributed by atoms with Gasteiger partial charge in [0.15, 0.2) is 6.61 Å². The van der Waals surface area contributed by atoms with E-state index in [0.29, 0.717) is 10.0 Å². The van der Waals surface area contributed by atoms with E-state index in [1.807, 2.05) is 5.32 Å². The molecule has 16 heavy (non-hydrogen) atoms. The molecule has 0 atom stereocenters. The first-order chi connectivity index (χ1) is 7.49. The summed E-state index contributed by atoms with van der Waals surface area (Å²) in [4.78, 5) is 21.3. The number of halogens is 2. The van der Waals surface area contributed by atoms with Crippen LogP contribution in [0.15, 0.2) is 18.2 Å². The van der Waals surface area contributed by atoms with Crippen LogP contribution in [0.1, 0.15) is 0 Å². The summed E-state index contributed by atoms with van der Waals surface area (Å²) in [6, 6.07) is 3.64. The number of carbonyl (C=O) groups excluding carboxylic acids is 2. The first-order valence-electron chi connectivity index (χ1n) is 4.16. The van der Waals surface area contributed by atoms with Crippen molar-refractivity contribution in [2.24, 2.45) is 5.73 Å². The standard InChI is InChI=1S/C9H8Cl2N2O3/c10-5-1-2-6(11)7(3-5)16-4-8(14)13-9(12)15/h1-3H,4H2,(H3,12,13,14,15). The van der Waals surface area contributed by atoms with Crippen molar-refractivity contribution < 1.29 is 14.3 Å². The molecule has 0 aliphatic carbocycles. The monoisotopic (exact) mass is 262 g/mol. The van der Waals surface area contributed by atoms with E-state index in [-0.39, 0.29) is 12.4 Å². The van der Waals surface area contributed by atoms with Crippen LogP contribution < -0.4 is 15.8 Å². The Hall–Kier alpha value is -1.46. The summed E-state index contributed by atoms with van der Waals surface area (Å²) >= 11 is 11.5. The fourth-order valence-corrected chi connectivity index (χ4v) is 1.24. The zero-order valence-electron chi connectivity index (χ0n) is 8.00. The molecule has 0 saturated carbocycles. The minimum atomic E-state index is -0.939. The Labute approximate surface area is 101 Å². The van der Waals surface area contributed by atoms with Crippen molar-refractivity contribution in [3.05, 3.63) is 28.2 Å². The highest BCUT2D eigenvalue weighted by Crippen LogP contribution is 2.27. The number of nitrogens with one attached hydrogen (secondary N) is 1. The average Bonchev–Trinajstić information content (AvgIpc) is 2.18. The molecular formula is C9H8Cl2N2O3. The van der Waals surface area contributed by atoms with Crippen LogP contribution in [-0.4, -0.2) is 18.5 Å². The van der Waals surface area contributed by atoms with Gasteiger partial charge < -0.3 is 10.5 Å². The summed E-state index contributed by atoms with van der Waals surface area (Å²) in [5, 5.41) is 2.59. The van der Waals surface area contributed by atoms with Crippen molar-refractivity contribution in [1.29, 1.82) is 0 Å². The quantitative estimate of drug-likeness (QED) is 0.868. The van der Waals surface area contributed by atoms with Gasteiger partial charge in [-0.1, -0.05) is 23.2 Å². The van der Waals surface area contributed by atoms with Crippen LogP contribution in [0.5, 0.6) is 5.75 Å². The van der Waals surface area contributed by atoms with Crippen LogP contribution in [0.25, 0.3) is 0 Å². The van der Waals surface area contributed by atoms with Gasteiger partial charge in [-0.25, -0.2) is 4.79 Å². The second-order valence-electron chi connectivity index (χ2n) is 2.78. The molecule has 0 spiro atoms. The van der Waals surface area contributed by atoms with Crippen molar-refractivity contribution in [2.45, 2.75) is 0 Å². The lowest BCUT2D eigenvalue weighted by molar-refractivity contribution is -0.121. The number of hydrogen-bond donors (Lipinski definition) is 2. The zero-order chi connectivity index (χ0) is 12.1. The Balaban J connectivity index is 2.57. The number of carbonyl (C=O) groups is 2. The maximum atomic E-state index is 11.0. The van der Waals surface area contributed by atoms with Gasteiger partial charge in [0.05, 0.1) is 5.02 Å². The van der Waals surface area contributed by atoms with E-state index in [1.54, 1.807) is 6.07 Å². The Kier molecular flexibility index (Phi) is 4.39. The van der Waals surface area contributed by atoms with Crippen LogP contribution in [-0.2, 0) is 4.79 Å². The fraction of sp³-hybridized carbons (Fsp3) is 0.111. The summed E-state index contributed by atoms with van der Waals surface area (Å²) in [7, 11) is 0. The predicted molar refractivity (Wildman–Crippen MR) is 59.7 cm³/mol. The number of ether oxygens (including phenoxy) is 1. The van der Waals surface area contributed by atoms with Gasteiger partial charge in [0, 0.05) is 11.1 Å². The largest absolute Gasteiger partial charge is 0.482 e. The Morgan fingerprint density at radius 1 is 1.38 bits per heavy atom. The SMILES string of the molecule is NC(=O)NC(=O)COc1cc(Cl)ccc1Cl. The number of urea groups is 1. The molecule has 0 unspecified atom stereocenters. The first kappa shape index (κ1) is 12.6. The number of amides is 3. The van der Waals surface area contributed by atoms with E-state index in [2.05, 4.69) is 0 Å². The van der Waals surface area contributed by atoms with Crippen molar-refractivity contribution >= 4 is 35.1 Å². The van der Waals surface area contributed by atoms with Gasteiger partial charge in [0.1, 0.15) is 5.75 Å². The van der Waals surface area contributed by atoms with Gasteiger partial charge in [0.2, 0.25) is 0 Å². The smallest absolute Gasteiger partial charge is 0.318 e. The average molecular weight is 263 g/mol. The van der Waals surface area contributed by atoms with Crippen LogP contribution >= 0.6 is 23.2 Å². The molecule has 0 aliphatic rings. The van der Waals surface area contributed by atoms with Crippen molar-refractivity contribution in [2.75, 3.05) is 6.61 Å². The molecule has 5 nitrogen and oxygen atoms in total. The Morgan fingerprint density at radius 2 is 2.06 bits per heavy atom. The molecule has 0 saturated heterocycles. The minimum absolute atomic E-state index is 0.258. The molecule has 0 aliphatic heterocycles. The highest BCUT2D eigenvalue weighted by molar-refractivity contribution is 6.34. The summed E-state index contributed by atoms with van der Waals surface area (Å²) in [6.07, 6.45) is 0. The highest BCUT2D eigenvalue weighted by Gasteiger charge is 2.07. The van der Waals surface area contributed by atoms with Crippen LogP contribution in [0.3, 0.4) is 0 Å². The van der Waals surface area contributed by atoms with Gasteiger partial charge in [-0.3, -0.25) is 10.1 Å². The lowest BCUT2D eigenvalue weighted by Gasteiger charge is -2.07. The molecule has 0 fully saturated rings. The second-order valence-corrected chi connectivity index (χ2v) is 3.62. The van der Waals surface area contributed by atoms with Gasteiger partial charge in [-0.05, 0) is 12.1 Å². The van der Waals surface area contributed by atoms with Gasteiger partial charge in [0.25, 0.3) is 5.91 Å². The third-order valence-corrected chi connectivity index (χ3v) is 2.06. The summed E-state index contributed by atoms with van der Waals surface area (Å²) in [5.41, 5.74) is 4.74. The molecule has 86 valence electrons. The maximum absolute atomic E-state index is 11.0. The van der Waals surface area contributed by atoms with E-state index in [9.17, 15) is 9.59 Å². The number of nitrogens with two attached hydrogens (primary N) is 1. The topological polar surface area (TPSA) is 81.4 Å². The van der Waals surface area contributed by atoms with Gasteiger partial charge in [-0.2, -0.15) is 0 Å². The molecule has 3 amide bonds. The number of rotatable bonds is 3. The molecule has 0 radical (unpaired) electrons. The lowest BCUT2D eigenvalue weighted by Crippen LogP contribution is -2.38. The van der Waals surface area contributed by atoms with E-state index < -0.39 is 11.9 Å². The Morgan fingerprint density at radius 3 is 2.69 bits per heavy atom. The fourth-order valence-electron chi connectivity index (χ4n) is 0.905. The molecule has 1 aromatic carbocycles. The van der Waals surface area contributed by atoms with E-state index >= 15 is 0 Å². The molecular weight excluding hydrogens is 255 g/mol. The Bertz CT molecular complexity index is 423. The molecule has 1 aromatic rings. The molecule has 0 bridgehead atoms. The van der Waals surface area contributed by atoms with Crippen molar-refractivity contribution in [3.8, 4) is 5.75 Å². The molecule has 1 rings (SSSR count). The molecule has 3 N–H and O–H groups in total. The predicted octanol–water partition coefficient (Wildman–Crippen LogP) is 1.57. The minimum Gasteiger partial charge on any atom is -0.482 e.